The van der Waals surface area contributed by atoms with Gasteiger partial charge in [0.1, 0.15) is 0 Å². The fraction of sp³-hybridized carbons (Fsp3) is 0.462. The number of carbonyl (C=O) groups is 1. The van der Waals surface area contributed by atoms with Gasteiger partial charge in [0, 0.05) is 29.9 Å². The molecular weight excluding hydrogens is 260 g/mol. The molecular formula is C13H20N4O3. The Balaban J connectivity index is 3.01. The molecule has 0 saturated carbocycles. The molecule has 0 aromatic heterocycles. The van der Waals surface area contributed by atoms with Gasteiger partial charge in [0.2, 0.25) is 0 Å². The SMILES string of the molecule is CCC(N)(CC)CNc1ccc([N+](=O)[O-])cc1C(N)=O. The summed E-state index contributed by atoms with van der Waals surface area (Å²) >= 11 is 0. The van der Waals surface area contributed by atoms with Crippen LogP contribution in [0.5, 0.6) is 0 Å². The topological polar surface area (TPSA) is 124 Å². The van der Waals surface area contributed by atoms with Gasteiger partial charge in [-0.25, -0.2) is 0 Å². The molecule has 0 saturated heterocycles. The van der Waals surface area contributed by atoms with E-state index < -0.39 is 16.4 Å². The predicted molar refractivity (Wildman–Crippen MR) is 77.6 cm³/mol. The van der Waals surface area contributed by atoms with Crippen LogP contribution in [0.2, 0.25) is 0 Å². The van der Waals surface area contributed by atoms with Crippen LogP contribution in [0, 0.1) is 10.1 Å². The fourth-order valence-electron chi connectivity index (χ4n) is 1.78. The van der Waals surface area contributed by atoms with E-state index in [0.29, 0.717) is 12.2 Å². The summed E-state index contributed by atoms with van der Waals surface area (Å²) in [4.78, 5) is 21.5. The fourth-order valence-corrected chi connectivity index (χ4v) is 1.78. The summed E-state index contributed by atoms with van der Waals surface area (Å²) in [6, 6.07) is 3.97. The first-order valence-corrected chi connectivity index (χ1v) is 6.44. The average Bonchev–Trinajstić information content (AvgIpc) is 2.44. The van der Waals surface area contributed by atoms with Crippen molar-refractivity contribution in [1.82, 2.24) is 0 Å². The number of nitro groups is 1. The second kappa shape index (κ2) is 6.33. The molecule has 0 radical (unpaired) electrons. The van der Waals surface area contributed by atoms with E-state index in [1.165, 1.54) is 18.2 Å². The van der Waals surface area contributed by atoms with E-state index in [-0.39, 0.29) is 11.3 Å². The van der Waals surface area contributed by atoms with Crippen LogP contribution in [0.15, 0.2) is 18.2 Å². The summed E-state index contributed by atoms with van der Waals surface area (Å²) in [5.41, 5.74) is 11.4. The Kier molecular flexibility index (Phi) is 5.04. The number of benzene rings is 1. The molecule has 0 bridgehead atoms. The number of primary amides is 1. The molecule has 1 rings (SSSR count). The highest BCUT2D eigenvalue weighted by Crippen LogP contribution is 2.23. The van der Waals surface area contributed by atoms with Crippen molar-refractivity contribution in [3.8, 4) is 0 Å². The average molecular weight is 280 g/mol. The van der Waals surface area contributed by atoms with E-state index in [1.807, 2.05) is 13.8 Å². The predicted octanol–water partition coefficient (Wildman–Crippen LogP) is 1.62. The minimum Gasteiger partial charge on any atom is -0.383 e. The van der Waals surface area contributed by atoms with Gasteiger partial charge in [0.05, 0.1) is 10.5 Å². The summed E-state index contributed by atoms with van der Waals surface area (Å²) in [5, 5.41) is 13.8. The maximum Gasteiger partial charge on any atom is 0.270 e. The second-order valence-corrected chi connectivity index (χ2v) is 4.77. The molecule has 5 N–H and O–H groups in total. The molecule has 0 spiro atoms. The Hall–Kier alpha value is -2.15. The molecule has 110 valence electrons. The zero-order valence-corrected chi connectivity index (χ0v) is 11.7. The normalized spacial score (nSPS) is 11.2. The summed E-state index contributed by atoms with van der Waals surface area (Å²) in [7, 11) is 0. The van der Waals surface area contributed by atoms with E-state index in [9.17, 15) is 14.9 Å². The Labute approximate surface area is 117 Å². The zero-order valence-electron chi connectivity index (χ0n) is 11.7. The monoisotopic (exact) mass is 280 g/mol. The molecule has 1 aromatic rings. The molecule has 1 aromatic carbocycles. The number of anilines is 1. The molecule has 0 fully saturated rings. The first kappa shape index (κ1) is 15.9. The van der Waals surface area contributed by atoms with Gasteiger partial charge >= 0.3 is 0 Å². The smallest absolute Gasteiger partial charge is 0.270 e. The third-order valence-corrected chi connectivity index (χ3v) is 3.52. The quantitative estimate of drug-likeness (QED) is 0.517. The van der Waals surface area contributed by atoms with Crippen LogP contribution in [-0.4, -0.2) is 22.9 Å². The molecule has 0 aliphatic rings. The highest BCUT2D eigenvalue weighted by molar-refractivity contribution is 5.99. The third-order valence-electron chi connectivity index (χ3n) is 3.52. The van der Waals surface area contributed by atoms with Crippen molar-refractivity contribution in [3.05, 3.63) is 33.9 Å². The summed E-state index contributed by atoms with van der Waals surface area (Å²) < 4.78 is 0. The van der Waals surface area contributed by atoms with Crippen molar-refractivity contribution < 1.29 is 9.72 Å². The largest absolute Gasteiger partial charge is 0.383 e. The summed E-state index contributed by atoms with van der Waals surface area (Å²) in [5.74, 6) is -0.716. The molecule has 0 aliphatic carbocycles. The molecule has 0 unspecified atom stereocenters. The lowest BCUT2D eigenvalue weighted by Crippen LogP contribution is -2.45. The molecule has 7 nitrogen and oxygen atoms in total. The zero-order chi connectivity index (χ0) is 15.3. The van der Waals surface area contributed by atoms with Gasteiger partial charge in [-0.3, -0.25) is 14.9 Å². The Morgan fingerprint density at radius 2 is 2.00 bits per heavy atom. The number of nitrogens with zero attached hydrogens (tertiary/aromatic N) is 1. The molecule has 0 aliphatic heterocycles. The number of hydrogen-bond acceptors (Lipinski definition) is 5. The van der Waals surface area contributed by atoms with Crippen LogP contribution in [0.4, 0.5) is 11.4 Å². The van der Waals surface area contributed by atoms with E-state index in [2.05, 4.69) is 5.32 Å². The van der Waals surface area contributed by atoms with E-state index >= 15 is 0 Å². The van der Waals surface area contributed by atoms with Gasteiger partial charge in [-0.15, -0.1) is 0 Å². The lowest BCUT2D eigenvalue weighted by molar-refractivity contribution is -0.384. The van der Waals surface area contributed by atoms with Crippen molar-refractivity contribution >= 4 is 17.3 Å². The first-order valence-electron chi connectivity index (χ1n) is 6.44. The van der Waals surface area contributed by atoms with Crippen LogP contribution in [0.25, 0.3) is 0 Å². The van der Waals surface area contributed by atoms with Gasteiger partial charge < -0.3 is 16.8 Å². The van der Waals surface area contributed by atoms with Gasteiger partial charge in [-0.05, 0) is 18.9 Å². The minimum atomic E-state index is -0.716. The number of nitro benzene ring substituents is 1. The van der Waals surface area contributed by atoms with Crippen molar-refractivity contribution in [2.45, 2.75) is 32.2 Å². The maximum atomic E-state index is 11.4. The van der Waals surface area contributed by atoms with Crippen LogP contribution in [0.1, 0.15) is 37.0 Å². The Morgan fingerprint density at radius 3 is 2.45 bits per heavy atom. The lowest BCUT2D eigenvalue weighted by Gasteiger charge is -2.27. The minimum absolute atomic E-state index is 0.0914. The number of rotatable bonds is 7. The number of non-ortho nitro benzene ring substituents is 1. The lowest BCUT2D eigenvalue weighted by atomic mass is 9.94. The Morgan fingerprint density at radius 1 is 1.40 bits per heavy atom. The van der Waals surface area contributed by atoms with Crippen molar-refractivity contribution in [1.29, 1.82) is 0 Å². The van der Waals surface area contributed by atoms with Gasteiger partial charge in [-0.1, -0.05) is 13.8 Å². The molecule has 20 heavy (non-hydrogen) atoms. The van der Waals surface area contributed by atoms with Crippen molar-refractivity contribution in [2.75, 3.05) is 11.9 Å². The summed E-state index contributed by atoms with van der Waals surface area (Å²) in [6.45, 7) is 4.42. The standard InChI is InChI=1S/C13H20N4O3/c1-3-13(15,4-2)8-16-11-6-5-9(17(19)20)7-10(11)12(14)18/h5-7,16H,3-4,8,15H2,1-2H3,(H2,14,18). The number of amides is 1. The second-order valence-electron chi connectivity index (χ2n) is 4.77. The molecule has 1 amide bonds. The van der Waals surface area contributed by atoms with Gasteiger partial charge in [-0.2, -0.15) is 0 Å². The number of nitrogens with one attached hydrogen (secondary N) is 1. The maximum absolute atomic E-state index is 11.4. The highest BCUT2D eigenvalue weighted by atomic mass is 16.6. The van der Waals surface area contributed by atoms with Gasteiger partial charge in [0.25, 0.3) is 11.6 Å². The van der Waals surface area contributed by atoms with E-state index in [4.69, 9.17) is 11.5 Å². The van der Waals surface area contributed by atoms with E-state index in [1.54, 1.807) is 0 Å². The van der Waals surface area contributed by atoms with E-state index in [0.717, 1.165) is 12.8 Å². The van der Waals surface area contributed by atoms with Crippen LogP contribution >= 0.6 is 0 Å². The molecule has 0 heterocycles. The first-order chi connectivity index (χ1) is 9.33. The van der Waals surface area contributed by atoms with Crippen LogP contribution in [-0.2, 0) is 0 Å². The number of carbonyl (C=O) groups excluding carboxylic acids is 1. The summed E-state index contributed by atoms with van der Waals surface area (Å²) in [6.07, 6.45) is 1.55. The highest BCUT2D eigenvalue weighted by Gasteiger charge is 2.21. The van der Waals surface area contributed by atoms with Crippen LogP contribution < -0.4 is 16.8 Å². The Bertz CT molecular complexity index is 512. The van der Waals surface area contributed by atoms with Crippen LogP contribution in [0.3, 0.4) is 0 Å². The van der Waals surface area contributed by atoms with Crippen molar-refractivity contribution in [3.63, 3.8) is 0 Å². The molecule has 7 heteroatoms. The molecule has 0 atom stereocenters. The number of nitrogens with two attached hydrogens (primary N) is 2. The van der Waals surface area contributed by atoms with Gasteiger partial charge in [0.15, 0.2) is 0 Å². The van der Waals surface area contributed by atoms with Crippen molar-refractivity contribution in [2.24, 2.45) is 11.5 Å². The number of hydrogen-bond donors (Lipinski definition) is 3. The third kappa shape index (κ3) is 3.67.